The molecule has 1 aromatic carbocycles. The van der Waals surface area contributed by atoms with Crippen LogP contribution in [-0.4, -0.2) is 105 Å². The first kappa shape index (κ1) is 26.4. The lowest BCUT2D eigenvalue weighted by molar-refractivity contribution is -0.166. The molecular weight excluding hydrogens is 463 g/mol. The number of benzene rings is 1. The molecular formula is C21H29BN4O9. The molecule has 190 valence electrons. The fourth-order valence-corrected chi connectivity index (χ4v) is 4.06. The van der Waals surface area contributed by atoms with E-state index in [9.17, 15) is 39.5 Å². The molecule has 0 saturated carbocycles. The summed E-state index contributed by atoms with van der Waals surface area (Å²) >= 11 is 0. The van der Waals surface area contributed by atoms with Gasteiger partial charge in [-0.3, -0.25) is 24.6 Å². The van der Waals surface area contributed by atoms with Crippen LogP contribution in [0.2, 0.25) is 0 Å². The normalized spacial score (nSPS) is 20.6. The number of likely N-dealkylation sites (N-methyl/N-ethyl adjacent to an activating group) is 1. The van der Waals surface area contributed by atoms with Gasteiger partial charge >= 0.3 is 24.9 Å². The quantitative estimate of drug-likeness (QED) is 0.122. The number of carbonyl (C=O) groups is 4. The molecule has 13 nitrogen and oxygen atoms in total. The molecule has 0 aliphatic carbocycles. The highest BCUT2D eigenvalue weighted by molar-refractivity contribution is 6.47. The monoisotopic (exact) mass is 492 g/mol. The van der Waals surface area contributed by atoms with Crippen molar-refractivity contribution in [1.82, 2.24) is 20.4 Å². The van der Waals surface area contributed by atoms with Crippen LogP contribution in [0, 0.1) is 0 Å². The van der Waals surface area contributed by atoms with Crippen LogP contribution in [0.4, 0.5) is 0 Å². The van der Waals surface area contributed by atoms with Gasteiger partial charge in [-0.05, 0) is 31.4 Å². The van der Waals surface area contributed by atoms with Crippen molar-refractivity contribution in [1.29, 1.82) is 0 Å². The summed E-state index contributed by atoms with van der Waals surface area (Å²) in [6, 6.07) is 3.05. The van der Waals surface area contributed by atoms with E-state index >= 15 is 0 Å². The molecule has 3 amide bonds. The van der Waals surface area contributed by atoms with Gasteiger partial charge in [-0.1, -0.05) is 19.1 Å². The Morgan fingerprint density at radius 1 is 1.20 bits per heavy atom. The molecule has 2 unspecified atom stereocenters. The fraction of sp³-hybridized carbons (Fsp3) is 0.524. The summed E-state index contributed by atoms with van der Waals surface area (Å²) < 4.78 is 5.36. The molecule has 2 heterocycles. The lowest BCUT2D eigenvalue weighted by atomic mass is 9.72. The number of piperazine rings is 1. The Kier molecular flexibility index (Phi) is 8.32. The Morgan fingerprint density at radius 3 is 2.54 bits per heavy atom. The maximum absolute atomic E-state index is 13.0. The minimum absolute atomic E-state index is 0.00564. The van der Waals surface area contributed by atoms with Crippen molar-refractivity contribution in [3.05, 3.63) is 29.3 Å². The number of carboxylic acid groups (broad SMARTS) is 1. The number of carbonyl (C=O) groups excluding carboxylic acids is 3. The summed E-state index contributed by atoms with van der Waals surface area (Å²) in [4.78, 5) is 51.1. The van der Waals surface area contributed by atoms with E-state index in [-0.39, 0.29) is 37.2 Å². The average Bonchev–Trinajstić information content (AvgIpc) is 2.83. The van der Waals surface area contributed by atoms with E-state index in [0.29, 0.717) is 12.1 Å². The third kappa shape index (κ3) is 5.56. The van der Waals surface area contributed by atoms with Crippen LogP contribution < -0.4 is 15.3 Å². The minimum atomic E-state index is -1.73. The number of aliphatic hydroxyl groups is 2. The number of hydrogen-bond donors (Lipinski definition) is 6. The van der Waals surface area contributed by atoms with Crippen molar-refractivity contribution < 1.29 is 44.2 Å². The number of aliphatic hydroxyl groups excluding tert-OH is 2. The van der Waals surface area contributed by atoms with Crippen molar-refractivity contribution in [2.45, 2.75) is 51.1 Å². The van der Waals surface area contributed by atoms with Crippen LogP contribution in [0.5, 0.6) is 5.75 Å². The van der Waals surface area contributed by atoms with Crippen molar-refractivity contribution in [2.24, 2.45) is 0 Å². The predicted molar refractivity (Wildman–Crippen MR) is 121 cm³/mol. The zero-order valence-electron chi connectivity index (χ0n) is 19.4. The molecule has 6 N–H and O–H groups in total. The summed E-state index contributed by atoms with van der Waals surface area (Å²) in [5, 5.41) is 45.7. The zero-order chi connectivity index (χ0) is 25.9. The maximum atomic E-state index is 13.0. The Bertz CT molecular complexity index is 994. The summed E-state index contributed by atoms with van der Waals surface area (Å²) in [6.45, 7) is 3.90. The Hall–Kier alpha value is -3.20. The first-order valence-electron chi connectivity index (χ1n) is 11.3. The van der Waals surface area contributed by atoms with Gasteiger partial charge in [-0.15, -0.1) is 0 Å². The van der Waals surface area contributed by atoms with E-state index in [4.69, 9.17) is 4.65 Å². The lowest BCUT2D eigenvalue weighted by Crippen LogP contribution is -2.65. The van der Waals surface area contributed by atoms with Gasteiger partial charge in [0.1, 0.15) is 11.8 Å². The van der Waals surface area contributed by atoms with Crippen molar-refractivity contribution in [2.75, 3.05) is 19.6 Å². The average molecular weight is 492 g/mol. The number of rotatable bonds is 9. The van der Waals surface area contributed by atoms with E-state index < -0.39 is 55.2 Å². The van der Waals surface area contributed by atoms with E-state index in [0.717, 1.165) is 4.90 Å². The van der Waals surface area contributed by atoms with Gasteiger partial charge in [0.05, 0.1) is 17.6 Å². The van der Waals surface area contributed by atoms with Crippen LogP contribution in [0.1, 0.15) is 36.2 Å². The fourth-order valence-electron chi connectivity index (χ4n) is 4.06. The number of aromatic carboxylic acids is 1. The standard InChI is InChI=1S/C21H29BN4O9/c1-3-13(27)15(24-21(33)26-9-8-25(4-2)18(29)19(26)30)17(28)23-14-10-11-6-5-7-12(20(31)32)16(11)35-22(14)34/h5-7,13-15,21,24,27,33-34H,3-4,8-10H2,1-2H3,(H,23,28)(H,31,32)/t13?,14-,15+,21?/m0/s1. The Morgan fingerprint density at radius 2 is 1.91 bits per heavy atom. The van der Waals surface area contributed by atoms with Crippen LogP contribution in [0.3, 0.4) is 0 Å². The number of para-hydroxylation sites is 1. The third-order valence-electron chi connectivity index (χ3n) is 6.11. The van der Waals surface area contributed by atoms with E-state index in [1.807, 2.05) is 0 Å². The maximum Gasteiger partial charge on any atom is 0.547 e. The van der Waals surface area contributed by atoms with Gasteiger partial charge in [0.2, 0.25) is 5.91 Å². The van der Waals surface area contributed by atoms with Gasteiger partial charge in [0.15, 0.2) is 6.35 Å². The van der Waals surface area contributed by atoms with Gasteiger partial charge in [0.25, 0.3) is 0 Å². The van der Waals surface area contributed by atoms with Crippen LogP contribution in [0.15, 0.2) is 18.2 Å². The largest absolute Gasteiger partial charge is 0.547 e. The van der Waals surface area contributed by atoms with E-state index in [2.05, 4.69) is 10.6 Å². The first-order chi connectivity index (χ1) is 16.6. The van der Waals surface area contributed by atoms with Crippen molar-refractivity contribution >= 4 is 30.8 Å². The summed E-state index contributed by atoms with van der Waals surface area (Å²) in [5.74, 6) is -4.72. The highest BCUT2D eigenvalue weighted by Gasteiger charge is 2.41. The molecule has 0 spiro atoms. The smallest absolute Gasteiger partial charge is 0.534 e. The molecule has 0 bridgehead atoms. The molecule has 0 aromatic heterocycles. The molecule has 0 radical (unpaired) electrons. The second kappa shape index (κ2) is 11.0. The molecule has 1 saturated heterocycles. The summed E-state index contributed by atoms with van der Waals surface area (Å²) in [7, 11) is -1.57. The third-order valence-corrected chi connectivity index (χ3v) is 6.11. The number of hydrogen-bond acceptors (Lipinski definition) is 9. The molecule has 14 heteroatoms. The van der Waals surface area contributed by atoms with Gasteiger partial charge in [0, 0.05) is 19.6 Å². The van der Waals surface area contributed by atoms with Crippen LogP contribution in [0.25, 0.3) is 0 Å². The highest BCUT2D eigenvalue weighted by atomic mass is 16.5. The summed E-state index contributed by atoms with van der Waals surface area (Å²) in [5.41, 5.74) is 0.330. The molecule has 3 rings (SSSR count). The molecule has 4 atom stereocenters. The van der Waals surface area contributed by atoms with Gasteiger partial charge in [-0.25, -0.2) is 4.79 Å². The SMILES string of the molecule is CCC(O)[C@@H](NC(O)N1CCN(CC)C(=O)C1=O)C(=O)N[C@H]1Cc2cccc(C(=O)O)c2OB1O. The number of nitrogens with one attached hydrogen (secondary N) is 2. The Labute approximate surface area is 201 Å². The van der Waals surface area contributed by atoms with Crippen molar-refractivity contribution in [3.8, 4) is 5.75 Å². The molecule has 1 fully saturated rings. The molecule has 35 heavy (non-hydrogen) atoms. The van der Waals surface area contributed by atoms with Gasteiger partial charge in [-0.2, -0.15) is 0 Å². The highest BCUT2D eigenvalue weighted by Crippen LogP contribution is 2.30. The summed E-state index contributed by atoms with van der Waals surface area (Å²) in [6.07, 6.45) is -2.84. The molecule has 2 aliphatic rings. The second-order valence-electron chi connectivity index (χ2n) is 8.30. The van der Waals surface area contributed by atoms with Crippen LogP contribution in [-0.2, 0) is 20.8 Å². The topological polar surface area (TPSA) is 189 Å². The van der Waals surface area contributed by atoms with E-state index in [1.54, 1.807) is 19.9 Å². The number of fused-ring (bicyclic) bond motifs is 1. The number of carboxylic acids is 1. The van der Waals surface area contributed by atoms with E-state index in [1.165, 1.54) is 17.0 Å². The van der Waals surface area contributed by atoms with Crippen molar-refractivity contribution in [3.63, 3.8) is 0 Å². The van der Waals surface area contributed by atoms with Gasteiger partial charge < -0.3 is 35.2 Å². The zero-order valence-corrected chi connectivity index (χ0v) is 19.4. The number of nitrogens with zero attached hydrogens (tertiary/aromatic N) is 2. The lowest BCUT2D eigenvalue weighted by Gasteiger charge is -2.38. The second-order valence-corrected chi connectivity index (χ2v) is 8.30. The Balaban J connectivity index is 1.71. The predicted octanol–water partition coefficient (Wildman–Crippen LogP) is -2.48. The first-order valence-corrected chi connectivity index (χ1v) is 11.3. The molecule has 2 aliphatic heterocycles. The minimum Gasteiger partial charge on any atom is -0.534 e. The van der Waals surface area contributed by atoms with Crippen LogP contribution >= 0.6 is 0 Å². The number of amides is 3. The molecule has 1 aromatic rings.